The molecule has 1 atom stereocenters. The topological polar surface area (TPSA) is 71.9 Å². The summed E-state index contributed by atoms with van der Waals surface area (Å²) in [7, 11) is 1.63. The van der Waals surface area contributed by atoms with Crippen molar-refractivity contribution in [3.05, 3.63) is 63.9 Å². The molecule has 1 aliphatic carbocycles. The molecule has 162 valence electrons. The largest absolute Gasteiger partial charge is 0.497 e. The van der Waals surface area contributed by atoms with Gasteiger partial charge >= 0.3 is 0 Å². The van der Waals surface area contributed by atoms with E-state index in [4.69, 9.17) is 17.0 Å². The summed E-state index contributed by atoms with van der Waals surface area (Å²) in [4.78, 5) is 12.6. The molecule has 0 radical (unpaired) electrons. The third-order valence-electron chi connectivity index (χ3n) is 5.92. The first-order valence-corrected chi connectivity index (χ1v) is 11.2. The third kappa shape index (κ3) is 4.88. The van der Waals surface area contributed by atoms with E-state index < -0.39 is 0 Å². The minimum atomic E-state index is -0.0295. The van der Waals surface area contributed by atoms with Crippen LogP contribution in [0.2, 0.25) is 0 Å². The van der Waals surface area contributed by atoms with Crippen LogP contribution in [0.25, 0.3) is 11.4 Å². The third-order valence-corrected chi connectivity index (χ3v) is 6.23. The normalized spacial score (nSPS) is 14.0. The number of aromatic amines is 1. The maximum atomic E-state index is 12.6. The molecule has 0 saturated carbocycles. The molecule has 2 aromatic carbocycles. The summed E-state index contributed by atoms with van der Waals surface area (Å²) < 4.78 is 7.58. The Morgan fingerprint density at radius 1 is 1.19 bits per heavy atom. The molecule has 1 amide bonds. The number of hydrogen-bond donors (Lipinski definition) is 2. The molecule has 1 aromatic heterocycles. The van der Waals surface area contributed by atoms with Gasteiger partial charge in [-0.1, -0.05) is 18.2 Å². The van der Waals surface area contributed by atoms with E-state index in [1.165, 1.54) is 24.0 Å². The lowest BCUT2D eigenvalue weighted by molar-refractivity contribution is -0.121. The summed E-state index contributed by atoms with van der Waals surface area (Å²) in [5.74, 6) is 1.48. The number of benzene rings is 2. The molecule has 0 saturated heterocycles. The van der Waals surface area contributed by atoms with Crippen LogP contribution in [0.4, 0.5) is 0 Å². The molecule has 6 nitrogen and oxygen atoms in total. The van der Waals surface area contributed by atoms with Crippen LogP contribution in [-0.2, 0) is 24.2 Å². The Hall–Kier alpha value is -2.93. The zero-order valence-corrected chi connectivity index (χ0v) is 18.8. The molecule has 4 rings (SSSR count). The minimum Gasteiger partial charge on any atom is -0.497 e. The molecule has 2 N–H and O–H groups in total. The highest BCUT2D eigenvalue weighted by Crippen LogP contribution is 2.25. The zero-order valence-electron chi connectivity index (χ0n) is 18.0. The summed E-state index contributed by atoms with van der Waals surface area (Å²) in [6.45, 7) is 2.49. The van der Waals surface area contributed by atoms with Gasteiger partial charge in [-0.05, 0) is 85.8 Å². The smallest absolute Gasteiger partial charge is 0.222 e. The predicted octanol–water partition coefficient (Wildman–Crippen LogP) is 4.76. The molecule has 1 heterocycles. The van der Waals surface area contributed by atoms with Gasteiger partial charge in [0.1, 0.15) is 5.75 Å². The number of hydrogen-bond acceptors (Lipinski definition) is 4. The van der Waals surface area contributed by atoms with Gasteiger partial charge in [0.15, 0.2) is 10.6 Å². The van der Waals surface area contributed by atoms with Crippen LogP contribution in [-0.4, -0.2) is 27.8 Å². The van der Waals surface area contributed by atoms with Gasteiger partial charge in [0.05, 0.1) is 13.2 Å². The molecular weight excluding hydrogens is 408 g/mol. The number of rotatable bonds is 7. The number of nitrogens with one attached hydrogen (secondary N) is 2. The second kappa shape index (κ2) is 9.47. The number of methoxy groups -OCH3 is 1. The Bertz CT molecular complexity index is 1120. The van der Waals surface area contributed by atoms with E-state index in [2.05, 4.69) is 33.7 Å². The van der Waals surface area contributed by atoms with E-state index >= 15 is 0 Å². The number of carbonyl (C=O) groups excluding carboxylic acids is 1. The fraction of sp³-hybridized carbons (Fsp3) is 0.375. The van der Waals surface area contributed by atoms with Crippen molar-refractivity contribution in [2.75, 3.05) is 7.11 Å². The van der Waals surface area contributed by atoms with Crippen LogP contribution in [0.3, 0.4) is 0 Å². The summed E-state index contributed by atoms with van der Waals surface area (Å²) in [6, 6.07) is 14.2. The van der Waals surface area contributed by atoms with Crippen LogP contribution < -0.4 is 10.1 Å². The monoisotopic (exact) mass is 436 g/mol. The minimum absolute atomic E-state index is 0.00555. The van der Waals surface area contributed by atoms with Gasteiger partial charge in [-0.2, -0.15) is 5.10 Å². The van der Waals surface area contributed by atoms with Gasteiger partial charge in [0, 0.05) is 18.5 Å². The number of carbonyl (C=O) groups is 1. The molecule has 0 bridgehead atoms. The van der Waals surface area contributed by atoms with Gasteiger partial charge in [-0.25, -0.2) is 0 Å². The number of nitrogens with zero attached hydrogens (tertiary/aromatic N) is 2. The number of ether oxygens (including phenoxy) is 1. The maximum Gasteiger partial charge on any atom is 0.222 e. The number of amides is 1. The molecule has 1 unspecified atom stereocenters. The number of fused-ring (bicyclic) bond motifs is 1. The summed E-state index contributed by atoms with van der Waals surface area (Å²) in [6.07, 6.45) is 5.15. The van der Waals surface area contributed by atoms with E-state index in [9.17, 15) is 4.79 Å². The van der Waals surface area contributed by atoms with E-state index in [1.807, 2.05) is 35.8 Å². The molecule has 0 spiro atoms. The fourth-order valence-corrected chi connectivity index (χ4v) is 4.34. The van der Waals surface area contributed by atoms with E-state index in [0.717, 1.165) is 29.7 Å². The van der Waals surface area contributed by atoms with Crippen molar-refractivity contribution in [1.29, 1.82) is 0 Å². The number of H-pyrrole nitrogens is 1. The Kier molecular flexibility index (Phi) is 6.51. The predicted molar refractivity (Wildman–Crippen MR) is 124 cm³/mol. The highest BCUT2D eigenvalue weighted by molar-refractivity contribution is 7.71. The van der Waals surface area contributed by atoms with Gasteiger partial charge < -0.3 is 10.1 Å². The summed E-state index contributed by atoms with van der Waals surface area (Å²) in [5, 5.41) is 10.3. The highest BCUT2D eigenvalue weighted by Gasteiger charge is 2.15. The van der Waals surface area contributed by atoms with Crippen LogP contribution in [0, 0.1) is 4.77 Å². The second-order valence-corrected chi connectivity index (χ2v) is 8.39. The summed E-state index contributed by atoms with van der Waals surface area (Å²) >= 11 is 5.38. The van der Waals surface area contributed by atoms with Crippen LogP contribution in [0.5, 0.6) is 5.75 Å². The Labute approximate surface area is 187 Å². The van der Waals surface area contributed by atoms with Crippen molar-refractivity contribution < 1.29 is 9.53 Å². The Morgan fingerprint density at radius 2 is 1.94 bits per heavy atom. The van der Waals surface area contributed by atoms with E-state index in [0.29, 0.717) is 23.6 Å². The van der Waals surface area contributed by atoms with E-state index in [1.54, 1.807) is 7.11 Å². The SMILES string of the molecule is COc1ccc(-c2n[nH]c(=S)n2CCC(=O)NC(C)c2ccc3c(c2)CCCC3)cc1. The molecule has 0 aliphatic heterocycles. The van der Waals surface area contributed by atoms with Gasteiger partial charge in [0.2, 0.25) is 5.91 Å². The van der Waals surface area contributed by atoms with Crippen LogP contribution in [0.15, 0.2) is 42.5 Å². The van der Waals surface area contributed by atoms with Crippen molar-refractivity contribution in [1.82, 2.24) is 20.1 Å². The standard InChI is InChI=1S/C24H28N4O2S/c1-16(19-8-7-17-5-3-4-6-20(17)15-19)25-22(29)13-14-28-23(26-27-24(28)31)18-9-11-21(30-2)12-10-18/h7-12,15-16H,3-6,13-14H2,1-2H3,(H,25,29)(H,27,31). The van der Waals surface area contributed by atoms with Crippen molar-refractivity contribution in [2.24, 2.45) is 0 Å². The Balaban J connectivity index is 1.40. The molecule has 0 fully saturated rings. The van der Waals surface area contributed by atoms with E-state index in [-0.39, 0.29) is 11.9 Å². The molecule has 7 heteroatoms. The van der Waals surface area contributed by atoms with Crippen molar-refractivity contribution >= 4 is 18.1 Å². The fourth-order valence-electron chi connectivity index (χ4n) is 4.12. The number of aryl methyl sites for hydroxylation is 2. The van der Waals surface area contributed by atoms with Crippen molar-refractivity contribution in [3.8, 4) is 17.1 Å². The van der Waals surface area contributed by atoms with Crippen molar-refractivity contribution in [3.63, 3.8) is 0 Å². The second-order valence-electron chi connectivity index (χ2n) is 8.01. The number of aromatic nitrogens is 3. The molecule has 3 aromatic rings. The molecule has 1 aliphatic rings. The van der Waals surface area contributed by atoms with Gasteiger partial charge in [-0.3, -0.25) is 14.5 Å². The molecule has 31 heavy (non-hydrogen) atoms. The zero-order chi connectivity index (χ0) is 21.8. The lowest BCUT2D eigenvalue weighted by Gasteiger charge is -2.20. The molecular formula is C24H28N4O2S. The van der Waals surface area contributed by atoms with Crippen molar-refractivity contribution in [2.45, 2.75) is 51.6 Å². The van der Waals surface area contributed by atoms with Crippen LogP contribution >= 0.6 is 12.2 Å². The lowest BCUT2D eigenvalue weighted by Crippen LogP contribution is -2.27. The van der Waals surface area contributed by atoms with Gasteiger partial charge in [0.25, 0.3) is 0 Å². The first kappa shape index (κ1) is 21.3. The average Bonchev–Trinajstić information content (AvgIpc) is 3.17. The van der Waals surface area contributed by atoms with Crippen LogP contribution in [0.1, 0.15) is 48.9 Å². The average molecular weight is 437 g/mol. The lowest BCUT2D eigenvalue weighted by atomic mass is 9.89. The maximum absolute atomic E-state index is 12.6. The summed E-state index contributed by atoms with van der Waals surface area (Å²) in [5.41, 5.74) is 4.96. The Morgan fingerprint density at radius 3 is 2.68 bits per heavy atom. The first-order valence-electron chi connectivity index (χ1n) is 10.8. The van der Waals surface area contributed by atoms with Gasteiger partial charge in [-0.15, -0.1) is 0 Å². The first-order chi connectivity index (χ1) is 15.0. The quantitative estimate of drug-likeness (QED) is 0.524. The highest BCUT2D eigenvalue weighted by atomic mass is 32.1.